The Hall–Kier alpha value is -0.450. The first-order valence-corrected chi connectivity index (χ1v) is 5.31. The molecule has 0 amide bonds. The maximum atomic E-state index is 9.46. The van der Waals surface area contributed by atoms with Gasteiger partial charge < -0.3 is 10.4 Å². The van der Waals surface area contributed by atoms with Crippen molar-refractivity contribution in [3.8, 4) is 0 Å². The third-order valence-corrected chi connectivity index (χ3v) is 2.08. The highest BCUT2D eigenvalue weighted by Crippen LogP contribution is 2.06. The van der Waals surface area contributed by atoms with Gasteiger partial charge in [-0.25, -0.2) is 4.98 Å². The van der Waals surface area contributed by atoms with Crippen molar-refractivity contribution < 1.29 is 5.11 Å². The number of nitrogens with zero attached hydrogens (tertiary/aromatic N) is 1. The van der Waals surface area contributed by atoms with E-state index in [1.165, 1.54) is 0 Å². The van der Waals surface area contributed by atoms with Crippen molar-refractivity contribution in [2.75, 3.05) is 6.54 Å². The van der Waals surface area contributed by atoms with Crippen molar-refractivity contribution in [2.24, 2.45) is 0 Å². The van der Waals surface area contributed by atoms with Crippen molar-refractivity contribution in [2.45, 2.75) is 26.0 Å². The van der Waals surface area contributed by atoms with Crippen LogP contribution in [0, 0.1) is 0 Å². The van der Waals surface area contributed by atoms with Gasteiger partial charge in [0.25, 0.3) is 0 Å². The Labute approximate surface area is 92.7 Å². The number of pyridine rings is 1. The van der Waals surface area contributed by atoms with Crippen LogP contribution in [0.2, 0.25) is 0 Å². The number of nitrogens with one attached hydrogen (secondary N) is 1. The molecule has 1 heterocycles. The summed E-state index contributed by atoms with van der Waals surface area (Å²) in [6.07, 6.45) is 0. The number of hydrogen-bond donors (Lipinski definition) is 2. The zero-order chi connectivity index (χ0) is 10.6. The molecule has 0 aromatic carbocycles. The third kappa shape index (κ3) is 4.69. The highest BCUT2D eigenvalue weighted by Gasteiger charge is 2.10. The Morgan fingerprint density at radius 1 is 1.50 bits per heavy atom. The summed E-state index contributed by atoms with van der Waals surface area (Å²) in [6.45, 7) is 4.77. The summed E-state index contributed by atoms with van der Waals surface area (Å²) in [6, 6.07) is 5.78. The van der Waals surface area contributed by atoms with Gasteiger partial charge in [0.05, 0.1) is 11.3 Å². The van der Waals surface area contributed by atoms with E-state index >= 15 is 0 Å². The monoisotopic (exact) mass is 258 g/mol. The highest BCUT2D eigenvalue weighted by molar-refractivity contribution is 9.10. The lowest BCUT2D eigenvalue weighted by Gasteiger charge is -2.17. The van der Waals surface area contributed by atoms with Gasteiger partial charge in [-0.05, 0) is 41.9 Å². The second-order valence-corrected chi connectivity index (χ2v) is 4.68. The molecule has 0 atom stereocenters. The fourth-order valence-corrected chi connectivity index (χ4v) is 1.43. The van der Waals surface area contributed by atoms with Crippen LogP contribution >= 0.6 is 15.9 Å². The number of halogens is 1. The molecule has 1 aromatic heterocycles. The zero-order valence-electron chi connectivity index (χ0n) is 8.42. The molecular weight excluding hydrogens is 244 g/mol. The van der Waals surface area contributed by atoms with Crippen molar-refractivity contribution >= 4 is 15.9 Å². The summed E-state index contributed by atoms with van der Waals surface area (Å²) < 4.78 is 0.833. The molecule has 0 saturated carbocycles. The van der Waals surface area contributed by atoms with Crippen molar-refractivity contribution in [3.63, 3.8) is 0 Å². The minimum Gasteiger partial charge on any atom is -0.389 e. The maximum Gasteiger partial charge on any atom is 0.106 e. The second-order valence-electron chi connectivity index (χ2n) is 3.87. The first kappa shape index (κ1) is 11.6. The first-order chi connectivity index (χ1) is 6.47. The van der Waals surface area contributed by atoms with Crippen LogP contribution in [-0.4, -0.2) is 22.2 Å². The molecule has 0 bridgehead atoms. The maximum absolute atomic E-state index is 9.46. The summed E-state index contributed by atoms with van der Waals surface area (Å²) in [4.78, 5) is 4.27. The molecule has 0 fully saturated rings. The van der Waals surface area contributed by atoms with E-state index in [1.54, 1.807) is 13.8 Å². The summed E-state index contributed by atoms with van der Waals surface area (Å²) >= 11 is 3.31. The summed E-state index contributed by atoms with van der Waals surface area (Å²) in [7, 11) is 0. The van der Waals surface area contributed by atoms with Gasteiger partial charge in [0.1, 0.15) is 4.60 Å². The van der Waals surface area contributed by atoms with Gasteiger partial charge in [-0.15, -0.1) is 0 Å². The number of aliphatic hydroxyl groups is 1. The molecule has 3 nitrogen and oxygen atoms in total. The highest BCUT2D eigenvalue weighted by atomic mass is 79.9. The van der Waals surface area contributed by atoms with E-state index in [1.807, 2.05) is 18.2 Å². The first-order valence-electron chi connectivity index (χ1n) is 4.52. The van der Waals surface area contributed by atoms with Crippen LogP contribution in [-0.2, 0) is 6.54 Å². The number of hydrogen-bond acceptors (Lipinski definition) is 3. The molecule has 4 heteroatoms. The molecule has 1 aromatic rings. The molecule has 0 aliphatic heterocycles. The fourth-order valence-electron chi connectivity index (χ4n) is 1.05. The van der Waals surface area contributed by atoms with Crippen LogP contribution in [0.15, 0.2) is 22.8 Å². The van der Waals surface area contributed by atoms with E-state index in [9.17, 15) is 5.11 Å². The molecule has 0 unspecified atom stereocenters. The van der Waals surface area contributed by atoms with Crippen LogP contribution in [0.25, 0.3) is 0 Å². The molecule has 2 N–H and O–H groups in total. The van der Waals surface area contributed by atoms with Crippen LogP contribution in [0.5, 0.6) is 0 Å². The molecule has 1 rings (SSSR count). The fraction of sp³-hybridized carbons (Fsp3) is 0.500. The van der Waals surface area contributed by atoms with Gasteiger partial charge >= 0.3 is 0 Å². The average Bonchev–Trinajstić information content (AvgIpc) is 2.01. The minimum atomic E-state index is -0.675. The van der Waals surface area contributed by atoms with E-state index in [4.69, 9.17) is 0 Å². The Bertz CT molecular complexity index is 296. The van der Waals surface area contributed by atoms with Crippen LogP contribution in [0.1, 0.15) is 19.5 Å². The van der Waals surface area contributed by atoms with E-state index in [-0.39, 0.29) is 0 Å². The normalized spacial score (nSPS) is 11.7. The van der Waals surface area contributed by atoms with Crippen LogP contribution in [0.4, 0.5) is 0 Å². The summed E-state index contributed by atoms with van der Waals surface area (Å²) in [5, 5.41) is 12.6. The molecular formula is C10H15BrN2O. The summed E-state index contributed by atoms with van der Waals surface area (Å²) in [5.74, 6) is 0. The Morgan fingerprint density at radius 3 is 2.79 bits per heavy atom. The lowest BCUT2D eigenvalue weighted by molar-refractivity contribution is 0.0794. The molecule has 0 aliphatic rings. The van der Waals surface area contributed by atoms with E-state index in [0.717, 1.165) is 10.3 Å². The third-order valence-electron chi connectivity index (χ3n) is 1.64. The molecule has 78 valence electrons. The topological polar surface area (TPSA) is 45.1 Å². The van der Waals surface area contributed by atoms with Gasteiger partial charge in [-0.3, -0.25) is 0 Å². The zero-order valence-corrected chi connectivity index (χ0v) is 10.0. The second kappa shape index (κ2) is 4.87. The van der Waals surface area contributed by atoms with Gasteiger partial charge in [0.2, 0.25) is 0 Å². The van der Waals surface area contributed by atoms with Gasteiger partial charge in [-0.2, -0.15) is 0 Å². The van der Waals surface area contributed by atoms with Gasteiger partial charge in [-0.1, -0.05) is 6.07 Å². The molecule has 0 aliphatic carbocycles. The Morgan fingerprint density at radius 2 is 2.21 bits per heavy atom. The minimum absolute atomic E-state index is 0.557. The lowest BCUT2D eigenvalue weighted by atomic mass is 10.1. The predicted octanol–water partition coefficient (Wildman–Crippen LogP) is 1.70. The van der Waals surface area contributed by atoms with Gasteiger partial charge in [0.15, 0.2) is 0 Å². The average molecular weight is 259 g/mol. The molecule has 14 heavy (non-hydrogen) atoms. The lowest BCUT2D eigenvalue weighted by Crippen LogP contribution is -2.34. The Kier molecular flexibility index (Phi) is 4.04. The predicted molar refractivity (Wildman–Crippen MR) is 59.9 cm³/mol. The molecule has 0 radical (unpaired) electrons. The SMILES string of the molecule is CC(C)(O)CNCc1cccc(Br)n1. The standard InChI is InChI=1S/C10H15BrN2O/c1-10(2,14)7-12-6-8-4-3-5-9(11)13-8/h3-5,12,14H,6-7H2,1-2H3. The van der Waals surface area contributed by atoms with Crippen molar-refractivity contribution in [1.82, 2.24) is 10.3 Å². The quantitative estimate of drug-likeness (QED) is 0.809. The number of aromatic nitrogens is 1. The number of rotatable bonds is 4. The Balaban J connectivity index is 2.39. The van der Waals surface area contributed by atoms with Crippen LogP contribution < -0.4 is 5.32 Å². The molecule has 0 saturated heterocycles. The van der Waals surface area contributed by atoms with E-state index < -0.39 is 5.60 Å². The smallest absolute Gasteiger partial charge is 0.106 e. The summed E-state index contributed by atoms with van der Waals surface area (Å²) in [5.41, 5.74) is 0.287. The van der Waals surface area contributed by atoms with Crippen LogP contribution in [0.3, 0.4) is 0 Å². The molecule has 0 spiro atoms. The van der Waals surface area contributed by atoms with Crippen molar-refractivity contribution in [1.29, 1.82) is 0 Å². The van der Waals surface area contributed by atoms with Crippen molar-refractivity contribution in [3.05, 3.63) is 28.5 Å². The van der Waals surface area contributed by atoms with Gasteiger partial charge in [0, 0.05) is 13.1 Å². The largest absolute Gasteiger partial charge is 0.389 e. The van der Waals surface area contributed by atoms with E-state index in [2.05, 4.69) is 26.2 Å². The van der Waals surface area contributed by atoms with E-state index in [0.29, 0.717) is 13.1 Å².